The van der Waals surface area contributed by atoms with Gasteiger partial charge in [0, 0.05) is 35.4 Å². The molecule has 6 nitrogen and oxygen atoms in total. The highest BCUT2D eigenvalue weighted by Gasteiger charge is 2.12. The minimum atomic E-state index is -0.289. The summed E-state index contributed by atoms with van der Waals surface area (Å²) in [5.41, 5.74) is 2.22. The first-order valence-electron chi connectivity index (χ1n) is 9.61. The average molecular weight is 483 g/mol. The van der Waals surface area contributed by atoms with Crippen molar-refractivity contribution >= 4 is 33.4 Å². The van der Waals surface area contributed by atoms with E-state index in [-0.39, 0.29) is 18.4 Å². The van der Waals surface area contributed by atoms with Crippen LogP contribution in [-0.4, -0.2) is 37.5 Å². The fourth-order valence-corrected chi connectivity index (χ4v) is 3.16. The molecular weight excluding hydrogens is 460 g/mol. The van der Waals surface area contributed by atoms with Gasteiger partial charge in [0.15, 0.2) is 6.61 Å². The number of rotatable bonds is 8. The normalized spacial score (nSPS) is 10.3. The number of carbonyl (C=O) groups excluding carboxylic acids is 2. The summed E-state index contributed by atoms with van der Waals surface area (Å²) in [6.45, 7) is 0.364. The first kappa shape index (κ1) is 22.4. The van der Waals surface area contributed by atoms with Crippen LogP contribution in [0.3, 0.4) is 0 Å². The predicted octanol–water partition coefficient (Wildman–Crippen LogP) is 4.75. The first-order chi connectivity index (χ1) is 14.9. The Bertz CT molecular complexity index is 1040. The number of halogens is 1. The van der Waals surface area contributed by atoms with Crippen molar-refractivity contribution < 1.29 is 19.1 Å². The topological polar surface area (TPSA) is 67.9 Å². The van der Waals surface area contributed by atoms with Crippen LogP contribution in [0.2, 0.25) is 0 Å². The molecule has 0 aliphatic rings. The summed E-state index contributed by atoms with van der Waals surface area (Å²) in [4.78, 5) is 26.4. The fraction of sp³-hybridized carbons (Fsp3) is 0.167. The standard InChI is InChI=1S/C24H23BrN2O4/c1-27(15-17-6-10-19(25)11-7-17)24(29)18-8-12-21(13-9-18)31-16-23(28)26-20-4-3-5-22(14-20)30-2/h3-14H,15-16H2,1-2H3,(H,26,28). The van der Waals surface area contributed by atoms with E-state index < -0.39 is 0 Å². The zero-order valence-electron chi connectivity index (χ0n) is 17.3. The minimum Gasteiger partial charge on any atom is -0.497 e. The molecule has 3 aromatic carbocycles. The van der Waals surface area contributed by atoms with Crippen LogP contribution in [0.15, 0.2) is 77.3 Å². The summed E-state index contributed by atoms with van der Waals surface area (Å²) in [6, 6.07) is 21.7. The average Bonchev–Trinajstić information content (AvgIpc) is 2.79. The SMILES string of the molecule is COc1cccc(NC(=O)COc2ccc(C(=O)N(C)Cc3ccc(Br)cc3)cc2)c1. The quantitative estimate of drug-likeness (QED) is 0.503. The lowest BCUT2D eigenvalue weighted by Gasteiger charge is -2.17. The molecule has 0 saturated carbocycles. The molecule has 0 bridgehead atoms. The second-order valence-corrected chi connectivity index (χ2v) is 7.80. The van der Waals surface area contributed by atoms with E-state index in [2.05, 4.69) is 21.2 Å². The molecule has 0 unspecified atom stereocenters. The zero-order valence-corrected chi connectivity index (χ0v) is 18.9. The van der Waals surface area contributed by atoms with E-state index in [0.29, 0.717) is 29.3 Å². The van der Waals surface area contributed by atoms with Crippen LogP contribution in [0.5, 0.6) is 11.5 Å². The van der Waals surface area contributed by atoms with Crippen LogP contribution >= 0.6 is 15.9 Å². The van der Waals surface area contributed by atoms with Crippen molar-refractivity contribution in [1.29, 1.82) is 0 Å². The lowest BCUT2D eigenvalue weighted by molar-refractivity contribution is -0.118. The number of nitrogens with zero attached hydrogens (tertiary/aromatic N) is 1. The van der Waals surface area contributed by atoms with Crippen LogP contribution in [0.1, 0.15) is 15.9 Å². The predicted molar refractivity (Wildman–Crippen MR) is 124 cm³/mol. The van der Waals surface area contributed by atoms with Gasteiger partial charge in [-0.25, -0.2) is 0 Å². The highest BCUT2D eigenvalue weighted by molar-refractivity contribution is 9.10. The molecule has 0 aromatic heterocycles. The number of methoxy groups -OCH3 is 1. The van der Waals surface area contributed by atoms with E-state index >= 15 is 0 Å². The zero-order chi connectivity index (χ0) is 22.2. The summed E-state index contributed by atoms with van der Waals surface area (Å²) in [5, 5.41) is 2.75. The molecule has 0 atom stereocenters. The van der Waals surface area contributed by atoms with Crippen molar-refractivity contribution in [1.82, 2.24) is 4.90 Å². The number of hydrogen-bond acceptors (Lipinski definition) is 4. The van der Waals surface area contributed by atoms with Gasteiger partial charge in [0.25, 0.3) is 11.8 Å². The third kappa shape index (κ3) is 6.58. The van der Waals surface area contributed by atoms with Gasteiger partial charge in [0.2, 0.25) is 0 Å². The van der Waals surface area contributed by atoms with E-state index in [1.165, 1.54) is 0 Å². The Morgan fingerprint density at radius 2 is 1.68 bits per heavy atom. The Morgan fingerprint density at radius 1 is 0.968 bits per heavy atom. The number of amides is 2. The van der Waals surface area contributed by atoms with Gasteiger partial charge in [0.05, 0.1) is 7.11 Å². The lowest BCUT2D eigenvalue weighted by atomic mass is 10.1. The molecule has 31 heavy (non-hydrogen) atoms. The Balaban J connectivity index is 1.51. The molecule has 7 heteroatoms. The van der Waals surface area contributed by atoms with Crippen LogP contribution < -0.4 is 14.8 Å². The Labute approximate surface area is 189 Å². The van der Waals surface area contributed by atoms with Gasteiger partial charge < -0.3 is 19.7 Å². The van der Waals surface area contributed by atoms with E-state index in [1.54, 1.807) is 67.6 Å². The van der Waals surface area contributed by atoms with Crippen LogP contribution in [-0.2, 0) is 11.3 Å². The van der Waals surface area contributed by atoms with Crippen molar-refractivity contribution in [3.63, 3.8) is 0 Å². The van der Waals surface area contributed by atoms with E-state index in [9.17, 15) is 9.59 Å². The van der Waals surface area contributed by atoms with Crippen molar-refractivity contribution in [2.45, 2.75) is 6.54 Å². The van der Waals surface area contributed by atoms with Gasteiger partial charge in [-0.3, -0.25) is 9.59 Å². The first-order valence-corrected chi connectivity index (χ1v) is 10.4. The van der Waals surface area contributed by atoms with Gasteiger partial charge in [0.1, 0.15) is 11.5 Å². The molecule has 0 radical (unpaired) electrons. The molecule has 0 heterocycles. The number of nitrogens with one attached hydrogen (secondary N) is 1. The number of benzene rings is 3. The molecule has 3 aromatic rings. The summed E-state index contributed by atoms with van der Waals surface area (Å²) >= 11 is 3.41. The summed E-state index contributed by atoms with van der Waals surface area (Å²) < 4.78 is 11.7. The second-order valence-electron chi connectivity index (χ2n) is 6.88. The van der Waals surface area contributed by atoms with Crippen molar-refractivity contribution in [2.24, 2.45) is 0 Å². The number of hydrogen-bond donors (Lipinski definition) is 1. The number of ether oxygens (including phenoxy) is 2. The third-order valence-corrected chi connectivity index (χ3v) is 5.03. The fourth-order valence-electron chi connectivity index (χ4n) is 2.90. The summed E-state index contributed by atoms with van der Waals surface area (Å²) in [5.74, 6) is 0.782. The number of carbonyl (C=O) groups is 2. The minimum absolute atomic E-state index is 0.0924. The van der Waals surface area contributed by atoms with Crippen molar-refractivity contribution in [3.8, 4) is 11.5 Å². The van der Waals surface area contributed by atoms with E-state index in [0.717, 1.165) is 10.0 Å². The van der Waals surface area contributed by atoms with E-state index in [4.69, 9.17) is 9.47 Å². The summed E-state index contributed by atoms with van der Waals surface area (Å²) in [6.07, 6.45) is 0. The lowest BCUT2D eigenvalue weighted by Crippen LogP contribution is -2.26. The van der Waals surface area contributed by atoms with Crippen LogP contribution in [0.4, 0.5) is 5.69 Å². The molecule has 160 valence electrons. The molecule has 0 fully saturated rings. The number of anilines is 1. The van der Waals surface area contributed by atoms with Gasteiger partial charge >= 0.3 is 0 Å². The molecule has 2 amide bonds. The molecule has 0 spiro atoms. The Hall–Kier alpha value is -3.32. The molecule has 1 N–H and O–H groups in total. The van der Waals surface area contributed by atoms with Crippen molar-refractivity contribution in [3.05, 3.63) is 88.4 Å². The van der Waals surface area contributed by atoms with Crippen LogP contribution in [0.25, 0.3) is 0 Å². The van der Waals surface area contributed by atoms with Gasteiger partial charge in [-0.2, -0.15) is 0 Å². The molecular formula is C24H23BrN2O4. The molecule has 0 saturated heterocycles. The Kier molecular flexibility index (Phi) is 7.67. The Morgan fingerprint density at radius 3 is 2.35 bits per heavy atom. The molecule has 3 rings (SSSR count). The van der Waals surface area contributed by atoms with Gasteiger partial charge in [-0.1, -0.05) is 34.1 Å². The maximum absolute atomic E-state index is 12.7. The third-order valence-electron chi connectivity index (χ3n) is 4.50. The smallest absolute Gasteiger partial charge is 0.262 e. The van der Waals surface area contributed by atoms with Crippen molar-refractivity contribution in [2.75, 3.05) is 26.1 Å². The highest BCUT2D eigenvalue weighted by atomic mass is 79.9. The highest BCUT2D eigenvalue weighted by Crippen LogP contribution is 2.18. The maximum Gasteiger partial charge on any atom is 0.262 e. The van der Waals surface area contributed by atoms with Crippen LogP contribution in [0, 0.1) is 0 Å². The van der Waals surface area contributed by atoms with E-state index in [1.807, 2.05) is 24.3 Å². The van der Waals surface area contributed by atoms with Gasteiger partial charge in [-0.15, -0.1) is 0 Å². The maximum atomic E-state index is 12.7. The molecule has 0 aliphatic carbocycles. The largest absolute Gasteiger partial charge is 0.497 e. The van der Waals surface area contributed by atoms with Gasteiger partial charge in [-0.05, 0) is 54.1 Å². The summed E-state index contributed by atoms with van der Waals surface area (Å²) in [7, 11) is 3.33. The molecule has 0 aliphatic heterocycles. The monoisotopic (exact) mass is 482 g/mol. The second kappa shape index (κ2) is 10.6.